The molecule has 4 nitrogen and oxygen atoms in total. The average Bonchev–Trinajstić information content (AvgIpc) is 3.05. The fraction of sp³-hybridized carbons (Fsp3) is 0.880. The molecule has 0 amide bonds. The van der Waals surface area contributed by atoms with E-state index in [2.05, 4.69) is 26.8 Å². The van der Waals surface area contributed by atoms with Gasteiger partial charge in [0.2, 0.25) is 0 Å². The molecule has 164 valence electrons. The summed E-state index contributed by atoms with van der Waals surface area (Å²) in [7, 11) is 1.35. The molecule has 0 spiro atoms. The van der Waals surface area contributed by atoms with Gasteiger partial charge in [-0.2, -0.15) is 0 Å². The molecule has 29 heavy (non-hydrogen) atoms. The Kier molecular flexibility index (Phi) is 5.65. The highest BCUT2D eigenvalue weighted by Gasteiger charge is 2.59. The van der Waals surface area contributed by atoms with Crippen LogP contribution in [0.25, 0.3) is 0 Å². The molecule has 0 aromatic rings. The van der Waals surface area contributed by atoms with Gasteiger partial charge < -0.3 is 14.9 Å². The number of rotatable bonds is 4. The number of methoxy groups -OCH3 is 1. The molecule has 0 aliphatic heterocycles. The van der Waals surface area contributed by atoms with Crippen LogP contribution < -0.4 is 0 Å². The van der Waals surface area contributed by atoms with E-state index in [1.807, 2.05) is 0 Å². The van der Waals surface area contributed by atoms with Gasteiger partial charge in [-0.25, -0.2) is 4.79 Å². The molecule has 2 N–H and O–H groups in total. The summed E-state index contributed by atoms with van der Waals surface area (Å²) < 4.78 is 4.73. The second kappa shape index (κ2) is 7.67. The highest BCUT2D eigenvalue weighted by atomic mass is 16.5. The van der Waals surface area contributed by atoms with Gasteiger partial charge in [-0.3, -0.25) is 0 Å². The third kappa shape index (κ3) is 3.39. The van der Waals surface area contributed by atoms with Gasteiger partial charge in [0.25, 0.3) is 0 Å². The Labute approximate surface area is 176 Å². The topological polar surface area (TPSA) is 66.8 Å². The van der Waals surface area contributed by atoms with Gasteiger partial charge in [-0.1, -0.05) is 32.4 Å². The first-order chi connectivity index (χ1) is 13.7. The van der Waals surface area contributed by atoms with E-state index < -0.39 is 12.1 Å². The standard InChI is InChI=1S/C25H40O4/c1-15(13-22(27)23(28)29-4)19-7-8-20-18-6-5-16-14-17(26)9-11-24(16,2)21(18)10-12-25(19,20)3/h5,15,17-22,26-27H,6-14H2,1-4H3/t15-,17+,18+,19-,20+,21+,22?,24+,25-/m1/s1. The Balaban J connectivity index is 1.52. The number of ether oxygens (including phenoxy) is 1. The lowest BCUT2D eigenvalue weighted by molar-refractivity contribution is -0.151. The van der Waals surface area contributed by atoms with Crippen molar-refractivity contribution in [2.75, 3.05) is 7.11 Å². The van der Waals surface area contributed by atoms with Crippen molar-refractivity contribution >= 4 is 5.97 Å². The lowest BCUT2D eigenvalue weighted by Gasteiger charge is -2.58. The minimum atomic E-state index is -0.998. The number of aliphatic hydroxyl groups is 2. The largest absolute Gasteiger partial charge is 0.467 e. The zero-order valence-corrected chi connectivity index (χ0v) is 18.7. The van der Waals surface area contributed by atoms with Crippen molar-refractivity contribution in [3.05, 3.63) is 11.6 Å². The second-order valence-corrected chi connectivity index (χ2v) is 11.1. The third-order valence-electron chi connectivity index (χ3n) is 9.91. The van der Waals surface area contributed by atoms with Crippen LogP contribution in [-0.2, 0) is 9.53 Å². The minimum absolute atomic E-state index is 0.141. The molecule has 0 radical (unpaired) electrons. The number of allylic oxidation sites excluding steroid dienone is 1. The van der Waals surface area contributed by atoms with Gasteiger partial charge in [-0.05, 0) is 98.2 Å². The van der Waals surface area contributed by atoms with Crippen LogP contribution in [0.4, 0.5) is 0 Å². The van der Waals surface area contributed by atoms with E-state index in [9.17, 15) is 15.0 Å². The number of fused-ring (bicyclic) bond motifs is 5. The van der Waals surface area contributed by atoms with Crippen molar-refractivity contribution in [2.24, 2.45) is 40.4 Å². The van der Waals surface area contributed by atoms with Crippen molar-refractivity contribution < 1.29 is 19.7 Å². The van der Waals surface area contributed by atoms with Gasteiger partial charge in [0.1, 0.15) is 0 Å². The molecule has 0 heterocycles. The summed E-state index contributed by atoms with van der Waals surface area (Å²) in [6.07, 6.45) is 11.0. The molecule has 9 atom stereocenters. The van der Waals surface area contributed by atoms with Crippen LogP contribution in [0.15, 0.2) is 11.6 Å². The molecular weight excluding hydrogens is 364 g/mol. The zero-order chi connectivity index (χ0) is 21.0. The Morgan fingerprint density at radius 3 is 2.69 bits per heavy atom. The highest BCUT2D eigenvalue weighted by molar-refractivity contribution is 5.74. The van der Waals surface area contributed by atoms with Crippen LogP contribution in [0, 0.1) is 40.4 Å². The molecule has 0 aromatic heterocycles. The monoisotopic (exact) mass is 404 g/mol. The lowest BCUT2D eigenvalue weighted by Crippen LogP contribution is -2.51. The zero-order valence-electron chi connectivity index (χ0n) is 18.7. The molecule has 3 saturated carbocycles. The SMILES string of the molecule is COC(=O)C(O)C[C@@H](C)[C@H]1CC[C@H]2[C@@H]3CC=C4C[C@@H](O)CC[C@]4(C)[C@H]3CC[C@]12C. The predicted octanol–water partition coefficient (Wildman–Crippen LogP) is 4.49. The third-order valence-corrected chi connectivity index (χ3v) is 9.91. The highest BCUT2D eigenvalue weighted by Crippen LogP contribution is 2.67. The molecule has 3 fully saturated rings. The van der Waals surface area contributed by atoms with E-state index >= 15 is 0 Å². The van der Waals surface area contributed by atoms with Gasteiger partial charge in [-0.15, -0.1) is 0 Å². The fourth-order valence-corrected chi connectivity index (χ4v) is 8.37. The Bertz CT molecular complexity index is 672. The minimum Gasteiger partial charge on any atom is -0.467 e. The van der Waals surface area contributed by atoms with Gasteiger partial charge in [0.15, 0.2) is 6.10 Å². The Morgan fingerprint density at radius 1 is 1.21 bits per heavy atom. The van der Waals surface area contributed by atoms with E-state index in [1.165, 1.54) is 44.8 Å². The Hall–Kier alpha value is -0.870. The maximum Gasteiger partial charge on any atom is 0.334 e. The average molecular weight is 405 g/mol. The first-order valence-electron chi connectivity index (χ1n) is 11.8. The molecular formula is C25H40O4. The number of carbonyl (C=O) groups is 1. The summed E-state index contributed by atoms with van der Waals surface area (Å²) in [5, 5.41) is 20.4. The molecule has 0 aromatic carbocycles. The summed E-state index contributed by atoms with van der Waals surface area (Å²) in [4.78, 5) is 11.7. The molecule has 4 heteroatoms. The quantitative estimate of drug-likeness (QED) is 0.535. The van der Waals surface area contributed by atoms with Crippen molar-refractivity contribution in [3.8, 4) is 0 Å². The maximum absolute atomic E-state index is 11.7. The van der Waals surface area contributed by atoms with Gasteiger partial charge in [0.05, 0.1) is 13.2 Å². The van der Waals surface area contributed by atoms with Crippen LogP contribution in [0.2, 0.25) is 0 Å². The van der Waals surface area contributed by atoms with Gasteiger partial charge >= 0.3 is 5.97 Å². The second-order valence-electron chi connectivity index (χ2n) is 11.1. The van der Waals surface area contributed by atoms with Crippen LogP contribution in [-0.4, -0.2) is 35.5 Å². The first kappa shape index (κ1) is 21.4. The smallest absolute Gasteiger partial charge is 0.334 e. The van der Waals surface area contributed by atoms with E-state index in [4.69, 9.17) is 4.74 Å². The fourth-order valence-electron chi connectivity index (χ4n) is 8.37. The molecule has 1 unspecified atom stereocenters. The van der Waals surface area contributed by atoms with Crippen molar-refractivity contribution in [3.63, 3.8) is 0 Å². The van der Waals surface area contributed by atoms with Crippen molar-refractivity contribution in [1.82, 2.24) is 0 Å². The lowest BCUT2D eigenvalue weighted by atomic mass is 9.47. The van der Waals surface area contributed by atoms with E-state index in [0.717, 1.165) is 37.0 Å². The van der Waals surface area contributed by atoms with E-state index in [0.29, 0.717) is 23.7 Å². The number of esters is 1. The molecule has 4 aliphatic carbocycles. The first-order valence-corrected chi connectivity index (χ1v) is 11.8. The van der Waals surface area contributed by atoms with E-state index in [1.54, 1.807) is 0 Å². The molecule has 0 bridgehead atoms. The van der Waals surface area contributed by atoms with Crippen LogP contribution >= 0.6 is 0 Å². The summed E-state index contributed by atoms with van der Waals surface area (Å²) in [5.74, 6) is 2.64. The summed E-state index contributed by atoms with van der Waals surface area (Å²) in [6.45, 7) is 7.20. The number of hydrogen-bond donors (Lipinski definition) is 2. The molecule has 4 aliphatic rings. The normalized spacial score (nSPS) is 46.0. The molecule has 4 rings (SSSR count). The summed E-state index contributed by atoms with van der Waals surface area (Å²) in [6, 6.07) is 0. The van der Waals surface area contributed by atoms with Crippen LogP contribution in [0.3, 0.4) is 0 Å². The van der Waals surface area contributed by atoms with Gasteiger partial charge in [0, 0.05) is 0 Å². The summed E-state index contributed by atoms with van der Waals surface area (Å²) >= 11 is 0. The number of hydrogen-bond acceptors (Lipinski definition) is 4. The van der Waals surface area contributed by atoms with Crippen molar-refractivity contribution in [2.45, 2.75) is 90.8 Å². The predicted molar refractivity (Wildman–Crippen MR) is 113 cm³/mol. The number of aliphatic hydroxyl groups excluding tert-OH is 2. The number of carbonyl (C=O) groups excluding carboxylic acids is 1. The Morgan fingerprint density at radius 2 is 1.97 bits per heavy atom. The van der Waals surface area contributed by atoms with Crippen LogP contribution in [0.1, 0.15) is 78.6 Å². The maximum atomic E-state index is 11.7. The molecule has 0 saturated heterocycles. The van der Waals surface area contributed by atoms with Crippen molar-refractivity contribution in [1.29, 1.82) is 0 Å². The van der Waals surface area contributed by atoms with E-state index in [-0.39, 0.29) is 11.5 Å². The summed E-state index contributed by atoms with van der Waals surface area (Å²) in [5.41, 5.74) is 2.13. The van der Waals surface area contributed by atoms with Crippen LogP contribution in [0.5, 0.6) is 0 Å².